The van der Waals surface area contributed by atoms with Gasteiger partial charge in [0.2, 0.25) is 17.7 Å². The Kier molecular flexibility index (Phi) is 11.6. The summed E-state index contributed by atoms with van der Waals surface area (Å²) in [5, 5.41) is 44.0. The summed E-state index contributed by atoms with van der Waals surface area (Å²) in [6, 6.07) is -0.289. The largest absolute Gasteiger partial charge is 0.508 e. The summed E-state index contributed by atoms with van der Waals surface area (Å²) in [6.45, 7) is 0. The molecule has 2 aromatic rings. The zero-order valence-corrected chi connectivity index (χ0v) is 21.1. The maximum atomic E-state index is 13.2. The van der Waals surface area contributed by atoms with Gasteiger partial charge < -0.3 is 47.1 Å². The van der Waals surface area contributed by atoms with Crippen LogP contribution in [0.1, 0.15) is 30.5 Å². The number of aromatic amines is 1. The number of benzene rings is 1. The normalized spacial score (nSPS) is 13.7. The summed E-state index contributed by atoms with van der Waals surface area (Å²) in [4.78, 5) is 79.0. The molecule has 0 fully saturated rings. The van der Waals surface area contributed by atoms with E-state index < -0.39 is 79.1 Å². The number of aromatic hydroxyl groups is 1. The molecule has 1 aromatic heterocycles. The number of hydrogen-bond donors (Lipinski definition) is 9. The third kappa shape index (κ3) is 10.4. The lowest BCUT2D eigenvalue weighted by molar-refractivity contribution is -0.143. The fourth-order valence-corrected chi connectivity index (χ4v) is 3.53. The molecule has 1 aromatic carbocycles. The van der Waals surface area contributed by atoms with Crippen molar-refractivity contribution in [1.82, 2.24) is 25.9 Å². The lowest BCUT2D eigenvalue weighted by Crippen LogP contribution is -2.58. The smallest absolute Gasteiger partial charge is 0.326 e. The topological polar surface area (TPSA) is 274 Å². The Morgan fingerprint density at radius 1 is 0.825 bits per heavy atom. The molecule has 0 saturated heterocycles. The first-order chi connectivity index (χ1) is 18.8. The number of amides is 3. The second kappa shape index (κ2) is 14.8. The molecule has 3 amide bonds. The first kappa shape index (κ1) is 31.2. The van der Waals surface area contributed by atoms with Crippen LogP contribution in [0.2, 0.25) is 0 Å². The summed E-state index contributed by atoms with van der Waals surface area (Å²) >= 11 is 0. The zero-order chi connectivity index (χ0) is 29.8. The van der Waals surface area contributed by atoms with Gasteiger partial charge in [-0.05, 0) is 24.1 Å². The predicted molar refractivity (Wildman–Crippen MR) is 135 cm³/mol. The predicted octanol–water partition coefficient (Wildman–Crippen LogP) is -1.89. The van der Waals surface area contributed by atoms with Crippen LogP contribution in [-0.4, -0.2) is 90.2 Å². The molecule has 216 valence electrons. The van der Waals surface area contributed by atoms with Gasteiger partial charge in [-0.2, -0.15) is 0 Å². The van der Waals surface area contributed by atoms with Crippen LogP contribution in [0.25, 0.3) is 0 Å². The minimum atomic E-state index is -1.51. The quantitative estimate of drug-likeness (QED) is 0.109. The van der Waals surface area contributed by atoms with Crippen molar-refractivity contribution in [3.63, 3.8) is 0 Å². The number of carbonyl (C=O) groups is 6. The molecular formula is C24H30N6O10. The van der Waals surface area contributed by atoms with E-state index in [0.29, 0.717) is 11.3 Å². The second-order valence-electron chi connectivity index (χ2n) is 8.81. The van der Waals surface area contributed by atoms with Crippen LogP contribution >= 0.6 is 0 Å². The second-order valence-corrected chi connectivity index (χ2v) is 8.81. The molecule has 16 heteroatoms. The number of carboxylic acids is 3. The van der Waals surface area contributed by atoms with Gasteiger partial charge in [-0.3, -0.25) is 24.0 Å². The average Bonchev–Trinajstić information content (AvgIpc) is 3.39. The van der Waals surface area contributed by atoms with Crippen molar-refractivity contribution < 1.29 is 49.2 Å². The summed E-state index contributed by atoms with van der Waals surface area (Å²) < 4.78 is 0. The summed E-state index contributed by atoms with van der Waals surface area (Å²) in [5.74, 6) is -7.00. The number of carboxylic acid groups (broad SMARTS) is 3. The first-order valence-corrected chi connectivity index (χ1v) is 11.9. The van der Waals surface area contributed by atoms with Gasteiger partial charge in [0.05, 0.1) is 18.8 Å². The molecule has 1 heterocycles. The molecular weight excluding hydrogens is 532 g/mol. The third-order valence-corrected chi connectivity index (χ3v) is 5.61. The van der Waals surface area contributed by atoms with E-state index in [0.717, 1.165) is 0 Å². The molecule has 0 spiro atoms. The Morgan fingerprint density at radius 2 is 1.43 bits per heavy atom. The molecule has 4 unspecified atom stereocenters. The molecule has 0 bridgehead atoms. The van der Waals surface area contributed by atoms with Crippen LogP contribution in [0.5, 0.6) is 5.75 Å². The van der Waals surface area contributed by atoms with Crippen molar-refractivity contribution >= 4 is 35.6 Å². The summed E-state index contributed by atoms with van der Waals surface area (Å²) in [7, 11) is 0. The number of rotatable bonds is 16. The Hall–Kier alpha value is -4.99. The molecule has 10 N–H and O–H groups in total. The number of phenolic OH excluding ortho intramolecular Hbond substituents is 1. The number of hydrogen-bond acceptors (Lipinski definition) is 9. The minimum absolute atomic E-state index is 0.0641. The van der Waals surface area contributed by atoms with Crippen LogP contribution in [-0.2, 0) is 41.6 Å². The van der Waals surface area contributed by atoms with Crippen molar-refractivity contribution in [2.45, 2.75) is 56.3 Å². The van der Waals surface area contributed by atoms with Crippen molar-refractivity contribution in [3.05, 3.63) is 48.0 Å². The van der Waals surface area contributed by atoms with Crippen molar-refractivity contribution in [2.75, 3.05) is 0 Å². The van der Waals surface area contributed by atoms with E-state index in [1.807, 2.05) is 0 Å². The van der Waals surface area contributed by atoms with Crippen LogP contribution in [0, 0.1) is 0 Å². The number of aliphatic carboxylic acids is 3. The van der Waals surface area contributed by atoms with Gasteiger partial charge in [0.25, 0.3) is 0 Å². The summed E-state index contributed by atoms with van der Waals surface area (Å²) in [5.41, 5.74) is 6.46. The number of imidazole rings is 1. The molecule has 0 aliphatic heterocycles. The number of carbonyl (C=O) groups excluding carboxylic acids is 3. The van der Waals surface area contributed by atoms with Crippen LogP contribution in [0.4, 0.5) is 0 Å². The SMILES string of the molecule is NC(CC(=O)O)C(=O)NC(Cc1ccc(O)cc1)C(=O)NC(CCC(=O)O)C(=O)NC(Cc1cnc[nH]1)C(=O)O. The van der Waals surface area contributed by atoms with Crippen LogP contribution in [0.3, 0.4) is 0 Å². The maximum absolute atomic E-state index is 13.2. The number of phenols is 1. The Balaban J connectivity index is 2.25. The molecule has 0 aliphatic carbocycles. The highest BCUT2D eigenvalue weighted by Gasteiger charge is 2.31. The lowest BCUT2D eigenvalue weighted by Gasteiger charge is -2.25. The highest BCUT2D eigenvalue weighted by molar-refractivity contribution is 5.95. The van der Waals surface area contributed by atoms with Crippen LogP contribution in [0.15, 0.2) is 36.8 Å². The molecule has 16 nitrogen and oxygen atoms in total. The first-order valence-electron chi connectivity index (χ1n) is 11.9. The van der Waals surface area contributed by atoms with Gasteiger partial charge in [-0.15, -0.1) is 0 Å². The Labute approximate surface area is 227 Å². The molecule has 4 atom stereocenters. The van der Waals surface area contributed by atoms with Crippen molar-refractivity contribution in [2.24, 2.45) is 5.73 Å². The number of H-pyrrole nitrogens is 1. The van der Waals surface area contributed by atoms with E-state index in [1.165, 1.54) is 36.8 Å². The van der Waals surface area contributed by atoms with E-state index in [1.54, 1.807) is 0 Å². The van der Waals surface area contributed by atoms with Crippen molar-refractivity contribution in [1.29, 1.82) is 0 Å². The van der Waals surface area contributed by atoms with E-state index in [-0.39, 0.29) is 18.6 Å². The Bertz CT molecular complexity index is 1200. The molecule has 2 rings (SSSR count). The van der Waals surface area contributed by atoms with Gasteiger partial charge >= 0.3 is 17.9 Å². The van der Waals surface area contributed by atoms with Crippen LogP contribution < -0.4 is 21.7 Å². The number of nitrogens with two attached hydrogens (primary N) is 1. The van der Waals surface area contributed by atoms with Gasteiger partial charge in [0.1, 0.15) is 23.9 Å². The average molecular weight is 563 g/mol. The van der Waals surface area contributed by atoms with Gasteiger partial charge in [0, 0.05) is 31.2 Å². The minimum Gasteiger partial charge on any atom is -0.508 e. The Morgan fingerprint density at radius 3 is 1.98 bits per heavy atom. The van der Waals surface area contributed by atoms with E-state index >= 15 is 0 Å². The third-order valence-electron chi connectivity index (χ3n) is 5.61. The van der Waals surface area contributed by atoms with Gasteiger partial charge in [-0.1, -0.05) is 12.1 Å². The summed E-state index contributed by atoms with van der Waals surface area (Å²) in [6.07, 6.45) is 0.616. The van der Waals surface area contributed by atoms with Gasteiger partial charge in [-0.25, -0.2) is 9.78 Å². The zero-order valence-electron chi connectivity index (χ0n) is 21.1. The fraction of sp³-hybridized carbons (Fsp3) is 0.375. The fourth-order valence-electron chi connectivity index (χ4n) is 3.53. The lowest BCUT2D eigenvalue weighted by atomic mass is 10.0. The molecule has 0 radical (unpaired) electrons. The standard InChI is InChI=1S/C24H30N6O10/c25-15(9-20(34)35)21(36)29-17(7-12-1-3-14(31)4-2-12)23(38)28-16(5-6-19(32)33)22(37)30-18(24(39)40)8-13-10-26-11-27-13/h1-4,10-11,15-18,31H,5-9,25H2,(H,26,27)(H,28,38)(H,29,36)(H,30,37)(H,32,33)(H,34,35)(H,39,40). The maximum Gasteiger partial charge on any atom is 0.326 e. The van der Waals surface area contributed by atoms with Crippen molar-refractivity contribution in [3.8, 4) is 5.75 Å². The number of aromatic nitrogens is 2. The highest BCUT2D eigenvalue weighted by Crippen LogP contribution is 2.12. The monoisotopic (exact) mass is 562 g/mol. The van der Waals surface area contributed by atoms with E-state index in [9.17, 15) is 39.0 Å². The molecule has 40 heavy (non-hydrogen) atoms. The highest BCUT2D eigenvalue weighted by atomic mass is 16.4. The number of nitrogens with zero attached hydrogens (tertiary/aromatic N) is 1. The van der Waals surface area contributed by atoms with E-state index in [4.69, 9.17) is 15.9 Å². The van der Waals surface area contributed by atoms with E-state index in [2.05, 4.69) is 25.9 Å². The number of nitrogens with one attached hydrogen (secondary N) is 4. The molecule has 0 aliphatic rings. The van der Waals surface area contributed by atoms with Gasteiger partial charge in [0.15, 0.2) is 0 Å². The molecule has 0 saturated carbocycles.